The summed E-state index contributed by atoms with van der Waals surface area (Å²) in [5.41, 5.74) is 0.841. The smallest absolute Gasteiger partial charge is 0.141 e. The number of nitrogens with one attached hydrogen (secondary N) is 1. The normalized spacial score (nSPS) is 10.8. The van der Waals surface area contributed by atoms with Gasteiger partial charge in [0.25, 0.3) is 0 Å². The van der Waals surface area contributed by atoms with Gasteiger partial charge in [-0.05, 0) is 26.0 Å². The lowest BCUT2D eigenvalue weighted by Gasteiger charge is -2.04. The molecule has 0 aromatic carbocycles. The first-order valence-corrected chi connectivity index (χ1v) is 5.08. The lowest BCUT2D eigenvalue weighted by atomic mass is 10.4. The molecule has 0 unspecified atom stereocenters. The number of aromatic nitrogens is 3. The maximum absolute atomic E-state index is 12.6. The van der Waals surface area contributed by atoms with Gasteiger partial charge in [-0.1, -0.05) is 0 Å². The van der Waals surface area contributed by atoms with Crippen molar-refractivity contribution in [2.75, 3.05) is 5.32 Å². The molecule has 2 rings (SSSR count). The van der Waals surface area contributed by atoms with E-state index in [1.165, 1.54) is 12.3 Å². The Morgan fingerprint density at radius 2 is 2.12 bits per heavy atom. The fourth-order valence-electron chi connectivity index (χ4n) is 1.28. The second-order valence-electron chi connectivity index (χ2n) is 3.79. The lowest BCUT2D eigenvalue weighted by molar-refractivity contribution is 0.532. The monoisotopic (exact) mass is 220 g/mol. The van der Waals surface area contributed by atoms with Gasteiger partial charge in [0.1, 0.15) is 11.6 Å². The fourth-order valence-corrected chi connectivity index (χ4v) is 1.28. The molecule has 0 bridgehead atoms. The van der Waals surface area contributed by atoms with Gasteiger partial charge in [0.2, 0.25) is 0 Å². The molecule has 0 fully saturated rings. The van der Waals surface area contributed by atoms with E-state index in [4.69, 9.17) is 0 Å². The van der Waals surface area contributed by atoms with Crippen LogP contribution < -0.4 is 5.32 Å². The zero-order chi connectivity index (χ0) is 11.5. The van der Waals surface area contributed by atoms with E-state index in [0.717, 1.165) is 5.69 Å². The molecule has 0 radical (unpaired) electrons. The van der Waals surface area contributed by atoms with E-state index < -0.39 is 0 Å². The van der Waals surface area contributed by atoms with Crippen LogP contribution in [0.5, 0.6) is 0 Å². The molecule has 1 N–H and O–H groups in total. The van der Waals surface area contributed by atoms with Crippen LogP contribution in [-0.2, 0) is 0 Å². The number of hydrogen-bond acceptors (Lipinski definition) is 3. The highest BCUT2D eigenvalue weighted by molar-refractivity contribution is 5.53. The molecule has 0 aliphatic carbocycles. The molecule has 0 aliphatic heterocycles. The largest absolute Gasteiger partial charge is 0.338 e. The van der Waals surface area contributed by atoms with E-state index in [9.17, 15) is 4.39 Å². The second-order valence-corrected chi connectivity index (χ2v) is 3.79. The first-order chi connectivity index (χ1) is 7.65. The van der Waals surface area contributed by atoms with Gasteiger partial charge < -0.3 is 5.32 Å². The van der Waals surface area contributed by atoms with E-state index >= 15 is 0 Å². The predicted octanol–water partition coefficient (Wildman–Crippen LogP) is 2.74. The highest BCUT2D eigenvalue weighted by atomic mass is 19.1. The van der Waals surface area contributed by atoms with Crippen molar-refractivity contribution in [2.45, 2.75) is 19.9 Å². The third-order valence-electron chi connectivity index (χ3n) is 2.13. The molecule has 5 heteroatoms. The third-order valence-corrected chi connectivity index (χ3v) is 2.13. The summed E-state index contributed by atoms with van der Waals surface area (Å²) >= 11 is 0. The van der Waals surface area contributed by atoms with Crippen LogP contribution in [-0.4, -0.2) is 14.8 Å². The maximum Gasteiger partial charge on any atom is 0.141 e. The summed E-state index contributed by atoms with van der Waals surface area (Å²) < 4.78 is 14.5. The minimum Gasteiger partial charge on any atom is -0.338 e. The number of halogens is 1. The van der Waals surface area contributed by atoms with E-state index in [1.807, 2.05) is 24.7 Å². The summed E-state index contributed by atoms with van der Waals surface area (Å²) in [6.07, 6.45) is 4.77. The molecule has 2 heterocycles. The van der Waals surface area contributed by atoms with Gasteiger partial charge in [0.15, 0.2) is 0 Å². The molecular weight excluding hydrogens is 207 g/mol. The highest BCUT2D eigenvalue weighted by Crippen LogP contribution is 2.15. The standard InChI is InChI=1S/C11H13FN4/c1-8(2)16-7-10(6-14-16)15-11-4-3-9(12)5-13-11/h3-8H,1-2H3,(H,13,15). The van der Waals surface area contributed by atoms with Crippen molar-refractivity contribution in [3.8, 4) is 0 Å². The number of hydrogen-bond donors (Lipinski definition) is 1. The zero-order valence-electron chi connectivity index (χ0n) is 9.18. The molecule has 0 aliphatic rings. The van der Waals surface area contributed by atoms with E-state index in [2.05, 4.69) is 15.4 Å². The van der Waals surface area contributed by atoms with Crippen molar-refractivity contribution < 1.29 is 4.39 Å². The molecule has 0 saturated heterocycles. The van der Waals surface area contributed by atoms with E-state index in [-0.39, 0.29) is 5.82 Å². The van der Waals surface area contributed by atoms with Gasteiger partial charge in [-0.15, -0.1) is 0 Å². The quantitative estimate of drug-likeness (QED) is 0.864. The van der Waals surface area contributed by atoms with Crippen molar-refractivity contribution in [1.82, 2.24) is 14.8 Å². The van der Waals surface area contributed by atoms with Crippen LogP contribution in [0.3, 0.4) is 0 Å². The molecule has 84 valence electrons. The Bertz CT molecular complexity index is 461. The highest BCUT2D eigenvalue weighted by Gasteiger charge is 2.02. The minimum atomic E-state index is -0.344. The van der Waals surface area contributed by atoms with Gasteiger partial charge in [0, 0.05) is 12.2 Å². The van der Waals surface area contributed by atoms with E-state index in [0.29, 0.717) is 11.9 Å². The van der Waals surface area contributed by atoms with Crippen molar-refractivity contribution in [2.24, 2.45) is 0 Å². The van der Waals surface area contributed by atoms with Crippen molar-refractivity contribution in [1.29, 1.82) is 0 Å². The Morgan fingerprint density at radius 1 is 1.31 bits per heavy atom. The topological polar surface area (TPSA) is 42.7 Å². The van der Waals surface area contributed by atoms with Crippen LogP contribution in [0, 0.1) is 5.82 Å². The number of nitrogens with zero attached hydrogens (tertiary/aromatic N) is 3. The zero-order valence-corrected chi connectivity index (χ0v) is 9.18. The molecule has 2 aromatic heterocycles. The Labute approximate surface area is 93.1 Å². The summed E-state index contributed by atoms with van der Waals surface area (Å²) in [7, 11) is 0. The average Bonchev–Trinajstić information content (AvgIpc) is 2.70. The average molecular weight is 220 g/mol. The Balaban J connectivity index is 2.11. The summed E-state index contributed by atoms with van der Waals surface area (Å²) in [4.78, 5) is 3.90. The van der Waals surface area contributed by atoms with Crippen LogP contribution in [0.15, 0.2) is 30.7 Å². The summed E-state index contributed by atoms with van der Waals surface area (Å²) in [6.45, 7) is 4.10. The molecule has 0 saturated carbocycles. The number of rotatable bonds is 3. The number of pyridine rings is 1. The Hall–Kier alpha value is -1.91. The molecule has 4 nitrogen and oxygen atoms in total. The molecule has 2 aromatic rings. The van der Waals surface area contributed by atoms with Gasteiger partial charge in [-0.3, -0.25) is 4.68 Å². The minimum absolute atomic E-state index is 0.316. The SMILES string of the molecule is CC(C)n1cc(Nc2ccc(F)cn2)cn1. The van der Waals surface area contributed by atoms with Crippen LogP contribution in [0.2, 0.25) is 0 Å². The van der Waals surface area contributed by atoms with Crippen molar-refractivity contribution in [3.05, 3.63) is 36.5 Å². The van der Waals surface area contributed by atoms with Crippen molar-refractivity contribution in [3.63, 3.8) is 0 Å². The van der Waals surface area contributed by atoms with Gasteiger partial charge in [-0.25, -0.2) is 9.37 Å². The first-order valence-electron chi connectivity index (χ1n) is 5.08. The van der Waals surface area contributed by atoms with Crippen molar-refractivity contribution >= 4 is 11.5 Å². The third kappa shape index (κ3) is 2.36. The van der Waals surface area contributed by atoms with Gasteiger partial charge in [-0.2, -0.15) is 5.10 Å². The Kier molecular flexibility index (Phi) is 2.85. The Morgan fingerprint density at radius 3 is 2.69 bits per heavy atom. The summed E-state index contributed by atoms with van der Waals surface area (Å²) in [5.74, 6) is 0.258. The number of anilines is 2. The van der Waals surface area contributed by atoms with Gasteiger partial charge in [0.05, 0.1) is 18.1 Å². The molecule has 0 spiro atoms. The molecular formula is C11H13FN4. The maximum atomic E-state index is 12.6. The van der Waals surface area contributed by atoms with Crippen LogP contribution in [0.1, 0.15) is 19.9 Å². The van der Waals surface area contributed by atoms with Crippen LogP contribution in [0.25, 0.3) is 0 Å². The molecule has 0 amide bonds. The van der Waals surface area contributed by atoms with Crippen LogP contribution in [0.4, 0.5) is 15.9 Å². The molecule has 16 heavy (non-hydrogen) atoms. The summed E-state index contributed by atoms with van der Waals surface area (Å²) in [5, 5.41) is 7.23. The summed E-state index contributed by atoms with van der Waals surface area (Å²) in [6, 6.07) is 3.27. The predicted molar refractivity (Wildman–Crippen MR) is 60.1 cm³/mol. The fraction of sp³-hybridized carbons (Fsp3) is 0.273. The van der Waals surface area contributed by atoms with Crippen LogP contribution >= 0.6 is 0 Å². The second kappa shape index (κ2) is 4.30. The lowest BCUT2D eigenvalue weighted by Crippen LogP contribution is -2.00. The van der Waals surface area contributed by atoms with Gasteiger partial charge >= 0.3 is 0 Å². The molecule has 0 atom stereocenters. The first kappa shape index (κ1) is 10.6. The van der Waals surface area contributed by atoms with E-state index in [1.54, 1.807) is 12.3 Å².